The highest BCUT2D eigenvalue weighted by Gasteiger charge is 2.25. The van der Waals surface area contributed by atoms with Crippen LogP contribution in [0.4, 0.5) is 8.78 Å². The smallest absolute Gasteiger partial charge is 0.341 e. The van der Waals surface area contributed by atoms with Crippen molar-refractivity contribution in [1.29, 1.82) is 0 Å². The molecule has 0 saturated heterocycles. The van der Waals surface area contributed by atoms with Gasteiger partial charge in [0.1, 0.15) is 17.2 Å². The third-order valence-corrected chi connectivity index (χ3v) is 4.29. The van der Waals surface area contributed by atoms with E-state index in [1.54, 1.807) is 0 Å². The molecule has 2 rings (SSSR count). The third-order valence-electron chi connectivity index (χ3n) is 4.29. The molecule has 0 amide bonds. The second-order valence-corrected chi connectivity index (χ2v) is 5.67. The Morgan fingerprint density at radius 1 is 1.25 bits per heavy atom. The number of carbonyl (C=O) groups is 1. The van der Waals surface area contributed by atoms with Gasteiger partial charge in [-0.25, -0.2) is 13.6 Å². The molecule has 1 saturated carbocycles. The molecule has 112 valence electrons. The molecule has 2 nitrogen and oxygen atoms in total. The number of halogens is 2. The Bertz CT molecular complexity index is 474. The van der Waals surface area contributed by atoms with Crippen LogP contribution in [0, 0.1) is 17.6 Å². The molecule has 1 aromatic rings. The Labute approximate surface area is 119 Å². The van der Waals surface area contributed by atoms with Gasteiger partial charge in [-0.1, -0.05) is 19.8 Å². The summed E-state index contributed by atoms with van der Waals surface area (Å²) in [7, 11) is 0. The van der Waals surface area contributed by atoms with Crippen molar-refractivity contribution < 1.29 is 20.1 Å². The Morgan fingerprint density at radius 3 is 2.25 bits per heavy atom. The van der Waals surface area contributed by atoms with Crippen molar-refractivity contribution in [2.45, 2.75) is 51.4 Å². The number of benzene rings is 1. The van der Waals surface area contributed by atoms with Crippen LogP contribution in [0.5, 0.6) is 0 Å². The van der Waals surface area contributed by atoms with Crippen molar-refractivity contribution in [1.82, 2.24) is 0 Å². The van der Waals surface area contributed by atoms with Crippen molar-refractivity contribution in [2.75, 3.05) is 0 Å². The zero-order valence-electron chi connectivity index (χ0n) is 11.7. The summed E-state index contributed by atoms with van der Waals surface area (Å²) in [6.07, 6.45) is 6.41. The van der Waals surface area contributed by atoms with E-state index < -0.39 is 23.2 Å². The number of rotatable bonds is 4. The van der Waals surface area contributed by atoms with Crippen LogP contribution >= 0.6 is 0 Å². The van der Waals surface area contributed by atoms with Crippen molar-refractivity contribution in [3.63, 3.8) is 0 Å². The van der Waals surface area contributed by atoms with Gasteiger partial charge in [-0.3, -0.25) is 0 Å². The van der Waals surface area contributed by atoms with Gasteiger partial charge in [0, 0.05) is 1.43 Å². The van der Waals surface area contributed by atoms with Crippen molar-refractivity contribution >= 4 is 5.97 Å². The Balaban J connectivity index is 0.00000220. The lowest BCUT2D eigenvalue weighted by Crippen LogP contribution is -2.14. The molecule has 0 spiro atoms. The summed E-state index contributed by atoms with van der Waals surface area (Å²) in [4.78, 5) is 10.8. The van der Waals surface area contributed by atoms with Crippen LogP contribution < -0.4 is 0 Å². The lowest BCUT2D eigenvalue weighted by molar-refractivity contribution is 0.0686. The number of aromatic carboxylic acids is 1. The van der Waals surface area contributed by atoms with Crippen LogP contribution in [0.3, 0.4) is 0 Å². The number of carboxylic acids is 1. The van der Waals surface area contributed by atoms with Crippen LogP contribution in [0.1, 0.15) is 68.7 Å². The lowest BCUT2D eigenvalue weighted by Gasteiger charge is -2.28. The highest BCUT2D eigenvalue weighted by atomic mass is 19.1. The van der Waals surface area contributed by atoms with Crippen LogP contribution in [-0.2, 0) is 0 Å². The van der Waals surface area contributed by atoms with Gasteiger partial charge < -0.3 is 5.11 Å². The molecule has 0 aromatic heterocycles. The second-order valence-electron chi connectivity index (χ2n) is 5.67. The Hall–Kier alpha value is -1.45. The molecular formula is C16H22F2O2. The van der Waals surface area contributed by atoms with E-state index in [2.05, 4.69) is 6.92 Å². The van der Waals surface area contributed by atoms with Gasteiger partial charge in [0.2, 0.25) is 0 Å². The number of carboxylic acid groups (broad SMARTS) is 1. The fraction of sp³-hybridized carbons (Fsp3) is 0.562. The first-order valence-electron chi connectivity index (χ1n) is 7.25. The van der Waals surface area contributed by atoms with E-state index in [-0.39, 0.29) is 7.34 Å². The van der Waals surface area contributed by atoms with E-state index in [1.165, 1.54) is 25.0 Å². The molecule has 4 heteroatoms. The standard InChI is InChI=1S/C16H20F2O2.H2/c1-2-3-10-4-6-11(7-5-10)12-8-13(17)15(16(19)20)14(18)9-12;/h8-11H,2-7H2,1H3,(H,19,20);1H. The van der Waals surface area contributed by atoms with Crippen LogP contribution in [-0.4, -0.2) is 11.1 Å². The quantitative estimate of drug-likeness (QED) is 0.846. The van der Waals surface area contributed by atoms with E-state index in [4.69, 9.17) is 5.11 Å². The Kier molecular flexibility index (Phi) is 4.73. The summed E-state index contributed by atoms with van der Waals surface area (Å²) in [5, 5.41) is 8.76. The largest absolute Gasteiger partial charge is 0.477 e. The monoisotopic (exact) mass is 284 g/mol. The van der Waals surface area contributed by atoms with E-state index in [9.17, 15) is 13.6 Å². The minimum Gasteiger partial charge on any atom is -0.477 e. The van der Waals surface area contributed by atoms with E-state index in [1.807, 2.05) is 0 Å². The van der Waals surface area contributed by atoms with E-state index in [0.29, 0.717) is 5.56 Å². The fourth-order valence-electron chi connectivity index (χ4n) is 3.23. The van der Waals surface area contributed by atoms with Gasteiger partial charge in [-0.05, 0) is 55.2 Å². The average Bonchev–Trinajstić information content (AvgIpc) is 2.38. The zero-order chi connectivity index (χ0) is 14.7. The summed E-state index contributed by atoms with van der Waals surface area (Å²) in [5.41, 5.74) is -0.256. The minimum atomic E-state index is -1.56. The molecule has 1 N–H and O–H groups in total. The van der Waals surface area contributed by atoms with E-state index >= 15 is 0 Å². The van der Waals surface area contributed by atoms with Crippen molar-refractivity contribution in [2.24, 2.45) is 5.92 Å². The predicted molar refractivity (Wildman–Crippen MR) is 75.0 cm³/mol. The van der Waals surface area contributed by atoms with Crippen LogP contribution in [0.15, 0.2) is 12.1 Å². The summed E-state index contributed by atoms with van der Waals surface area (Å²) in [5.74, 6) is -2.62. The van der Waals surface area contributed by atoms with Gasteiger partial charge in [0.05, 0.1) is 0 Å². The molecule has 1 aliphatic carbocycles. The molecule has 0 bridgehead atoms. The molecule has 0 heterocycles. The fourth-order valence-corrected chi connectivity index (χ4v) is 3.23. The first-order chi connectivity index (χ1) is 9.52. The summed E-state index contributed by atoms with van der Waals surface area (Å²) < 4.78 is 27.4. The SMILES string of the molecule is CCCC1CCC(c2cc(F)c(C(=O)O)c(F)c2)CC1.[HH]. The maximum absolute atomic E-state index is 13.7. The molecule has 1 aliphatic rings. The van der Waals surface area contributed by atoms with Gasteiger partial charge in [-0.15, -0.1) is 0 Å². The van der Waals surface area contributed by atoms with E-state index in [0.717, 1.165) is 31.6 Å². The Morgan fingerprint density at radius 2 is 1.80 bits per heavy atom. The first-order valence-corrected chi connectivity index (χ1v) is 7.25. The van der Waals surface area contributed by atoms with Crippen molar-refractivity contribution in [3.05, 3.63) is 34.9 Å². The van der Waals surface area contributed by atoms with Gasteiger partial charge >= 0.3 is 5.97 Å². The van der Waals surface area contributed by atoms with Crippen molar-refractivity contribution in [3.8, 4) is 0 Å². The predicted octanol–water partition coefficient (Wildman–Crippen LogP) is 4.98. The molecule has 0 atom stereocenters. The maximum atomic E-state index is 13.7. The summed E-state index contributed by atoms with van der Waals surface area (Å²) in [6.45, 7) is 2.17. The summed E-state index contributed by atoms with van der Waals surface area (Å²) >= 11 is 0. The molecule has 1 fully saturated rings. The molecule has 0 aliphatic heterocycles. The second kappa shape index (κ2) is 6.33. The number of hydrogen-bond acceptors (Lipinski definition) is 1. The molecule has 0 unspecified atom stereocenters. The average molecular weight is 284 g/mol. The van der Waals surface area contributed by atoms with Crippen LogP contribution in [0.2, 0.25) is 0 Å². The summed E-state index contributed by atoms with van der Waals surface area (Å²) in [6, 6.07) is 2.38. The normalized spacial score (nSPS) is 22.8. The molecule has 0 radical (unpaired) electrons. The highest BCUT2D eigenvalue weighted by molar-refractivity contribution is 5.88. The first kappa shape index (κ1) is 14.9. The van der Waals surface area contributed by atoms with Gasteiger partial charge in [0.25, 0.3) is 0 Å². The maximum Gasteiger partial charge on any atom is 0.341 e. The molecule has 1 aromatic carbocycles. The molecular weight excluding hydrogens is 262 g/mol. The topological polar surface area (TPSA) is 37.3 Å². The van der Waals surface area contributed by atoms with Gasteiger partial charge in [0.15, 0.2) is 0 Å². The number of hydrogen-bond donors (Lipinski definition) is 1. The van der Waals surface area contributed by atoms with Gasteiger partial charge in [-0.2, -0.15) is 0 Å². The van der Waals surface area contributed by atoms with Crippen LogP contribution in [0.25, 0.3) is 0 Å². The highest BCUT2D eigenvalue weighted by Crippen LogP contribution is 2.38. The minimum absolute atomic E-state index is 0. The molecule has 20 heavy (non-hydrogen) atoms. The lowest BCUT2D eigenvalue weighted by atomic mass is 9.77. The third kappa shape index (κ3) is 3.17. The zero-order valence-corrected chi connectivity index (χ0v) is 11.7.